The average Bonchev–Trinajstić information content (AvgIpc) is 2.82. The van der Waals surface area contributed by atoms with Crippen molar-refractivity contribution < 1.29 is 19.2 Å². The van der Waals surface area contributed by atoms with Crippen LogP contribution in [0.25, 0.3) is 0 Å². The van der Waals surface area contributed by atoms with Crippen LogP contribution in [0.4, 0.5) is 5.69 Å². The fourth-order valence-corrected chi connectivity index (χ4v) is 3.73. The number of nitro benzene ring substituents is 1. The van der Waals surface area contributed by atoms with Gasteiger partial charge in [0.25, 0.3) is 11.6 Å². The lowest BCUT2D eigenvalue weighted by Crippen LogP contribution is -2.27. The highest BCUT2D eigenvalue weighted by molar-refractivity contribution is 5.99. The highest BCUT2D eigenvalue weighted by Crippen LogP contribution is 2.36. The Morgan fingerprint density at radius 3 is 2.03 bits per heavy atom. The molecule has 0 radical (unpaired) electrons. The standard InChI is InChI=1S/C24H22N2O5/c27-24(20-15-22-23(31-14-13-30-22)16-21(20)26(28)29)25-12-11-19(17-7-3-1-4-8-17)18-9-5-2-6-10-18/h1-10,15-16,19H,11-14H2,(H,25,27). The van der Waals surface area contributed by atoms with Crippen LogP contribution in [0.2, 0.25) is 0 Å². The van der Waals surface area contributed by atoms with E-state index >= 15 is 0 Å². The molecule has 0 saturated carbocycles. The zero-order chi connectivity index (χ0) is 21.6. The number of carbonyl (C=O) groups is 1. The molecule has 4 rings (SSSR count). The van der Waals surface area contributed by atoms with E-state index in [4.69, 9.17) is 9.47 Å². The first-order valence-electron chi connectivity index (χ1n) is 10.1. The van der Waals surface area contributed by atoms with Gasteiger partial charge in [-0.2, -0.15) is 0 Å². The number of ether oxygens (including phenoxy) is 2. The lowest BCUT2D eigenvalue weighted by Gasteiger charge is -2.20. The number of carbonyl (C=O) groups excluding carboxylic acids is 1. The lowest BCUT2D eigenvalue weighted by atomic mass is 9.88. The van der Waals surface area contributed by atoms with Crippen molar-refractivity contribution in [1.29, 1.82) is 0 Å². The summed E-state index contributed by atoms with van der Waals surface area (Å²) in [6, 6.07) is 22.8. The van der Waals surface area contributed by atoms with Crippen LogP contribution >= 0.6 is 0 Å². The number of amides is 1. The molecule has 3 aromatic carbocycles. The average molecular weight is 418 g/mol. The second-order valence-electron chi connectivity index (χ2n) is 7.19. The first-order chi connectivity index (χ1) is 15.1. The quantitative estimate of drug-likeness (QED) is 0.456. The molecule has 0 fully saturated rings. The van der Waals surface area contributed by atoms with Crippen molar-refractivity contribution in [2.75, 3.05) is 19.8 Å². The third kappa shape index (κ3) is 4.66. The van der Waals surface area contributed by atoms with Crippen molar-refractivity contribution in [1.82, 2.24) is 5.32 Å². The molecular weight excluding hydrogens is 396 g/mol. The molecule has 0 aliphatic carbocycles. The third-order valence-corrected chi connectivity index (χ3v) is 5.22. The molecule has 0 unspecified atom stereocenters. The van der Waals surface area contributed by atoms with Gasteiger partial charge in [-0.3, -0.25) is 14.9 Å². The van der Waals surface area contributed by atoms with Gasteiger partial charge in [-0.05, 0) is 17.5 Å². The van der Waals surface area contributed by atoms with Gasteiger partial charge in [0.05, 0.1) is 11.0 Å². The van der Waals surface area contributed by atoms with Crippen LogP contribution in [0.5, 0.6) is 11.5 Å². The summed E-state index contributed by atoms with van der Waals surface area (Å²) in [7, 11) is 0. The number of hydrogen-bond acceptors (Lipinski definition) is 5. The minimum Gasteiger partial charge on any atom is -0.486 e. The first kappa shape index (κ1) is 20.4. The van der Waals surface area contributed by atoms with E-state index in [0.717, 1.165) is 11.1 Å². The van der Waals surface area contributed by atoms with E-state index in [-0.39, 0.29) is 22.9 Å². The summed E-state index contributed by atoms with van der Waals surface area (Å²) < 4.78 is 10.9. The summed E-state index contributed by atoms with van der Waals surface area (Å²) in [4.78, 5) is 23.7. The summed E-state index contributed by atoms with van der Waals surface area (Å²) in [6.07, 6.45) is 0.651. The normalized spacial score (nSPS) is 12.4. The van der Waals surface area contributed by atoms with Gasteiger partial charge < -0.3 is 14.8 Å². The van der Waals surface area contributed by atoms with E-state index in [0.29, 0.717) is 31.9 Å². The molecule has 1 aliphatic rings. The molecule has 0 saturated heterocycles. The van der Waals surface area contributed by atoms with Crippen LogP contribution in [0.1, 0.15) is 33.8 Å². The molecule has 7 nitrogen and oxygen atoms in total. The molecule has 0 atom stereocenters. The summed E-state index contributed by atoms with van der Waals surface area (Å²) in [6.45, 7) is 1.01. The lowest BCUT2D eigenvalue weighted by molar-refractivity contribution is -0.385. The van der Waals surface area contributed by atoms with E-state index in [1.165, 1.54) is 12.1 Å². The van der Waals surface area contributed by atoms with Gasteiger partial charge in [-0.25, -0.2) is 0 Å². The van der Waals surface area contributed by atoms with Crippen molar-refractivity contribution >= 4 is 11.6 Å². The molecule has 1 heterocycles. The molecule has 0 aromatic heterocycles. The van der Waals surface area contributed by atoms with Gasteiger partial charge in [-0.15, -0.1) is 0 Å². The monoisotopic (exact) mass is 418 g/mol. The Kier molecular flexibility index (Phi) is 6.12. The van der Waals surface area contributed by atoms with Gasteiger partial charge in [0.15, 0.2) is 11.5 Å². The van der Waals surface area contributed by atoms with Gasteiger partial charge in [-0.1, -0.05) is 60.7 Å². The molecule has 3 aromatic rings. The van der Waals surface area contributed by atoms with Gasteiger partial charge in [0.1, 0.15) is 18.8 Å². The van der Waals surface area contributed by atoms with Crippen LogP contribution in [0.3, 0.4) is 0 Å². The Bertz CT molecular complexity index is 1030. The van der Waals surface area contributed by atoms with Crippen LogP contribution in [-0.4, -0.2) is 30.6 Å². The Balaban J connectivity index is 1.51. The summed E-state index contributed by atoms with van der Waals surface area (Å²) in [5.74, 6) is 0.206. The van der Waals surface area contributed by atoms with Crippen molar-refractivity contribution in [3.8, 4) is 11.5 Å². The number of nitro groups is 1. The maximum Gasteiger partial charge on any atom is 0.286 e. The predicted molar refractivity (Wildman–Crippen MR) is 116 cm³/mol. The highest BCUT2D eigenvalue weighted by Gasteiger charge is 2.26. The minimum absolute atomic E-state index is 0.0368. The maximum absolute atomic E-state index is 12.8. The van der Waals surface area contributed by atoms with E-state index in [1.807, 2.05) is 36.4 Å². The maximum atomic E-state index is 12.8. The molecule has 1 amide bonds. The van der Waals surface area contributed by atoms with Crippen molar-refractivity contribution in [2.45, 2.75) is 12.3 Å². The number of fused-ring (bicyclic) bond motifs is 1. The molecule has 7 heteroatoms. The van der Waals surface area contributed by atoms with E-state index in [1.54, 1.807) is 0 Å². The summed E-state index contributed by atoms with van der Waals surface area (Å²) in [5.41, 5.74) is 1.95. The van der Waals surface area contributed by atoms with Crippen LogP contribution < -0.4 is 14.8 Å². The molecule has 0 bridgehead atoms. The Labute approximate surface area is 179 Å². The van der Waals surface area contributed by atoms with Gasteiger partial charge >= 0.3 is 0 Å². The van der Waals surface area contributed by atoms with Crippen LogP contribution in [0, 0.1) is 10.1 Å². The zero-order valence-electron chi connectivity index (χ0n) is 16.8. The molecular formula is C24H22N2O5. The van der Waals surface area contributed by atoms with Gasteiger partial charge in [0.2, 0.25) is 0 Å². The number of hydrogen-bond donors (Lipinski definition) is 1. The summed E-state index contributed by atoms with van der Waals surface area (Å²) >= 11 is 0. The van der Waals surface area contributed by atoms with Crippen LogP contribution in [-0.2, 0) is 0 Å². The molecule has 1 N–H and O–H groups in total. The second kappa shape index (κ2) is 9.30. The largest absolute Gasteiger partial charge is 0.486 e. The van der Waals surface area contributed by atoms with Crippen molar-refractivity contribution in [2.24, 2.45) is 0 Å². The Morgan fingerprint density at radius 1 is 0.935 bits per heavy atom. The van der Waals surface area contributed by atoms with Crippen LogP contribution in [0.15, 0.2) is 72.8 Å². The zero-order valence-corrected chi connectivity index (χ0v) is 16.8. The SMILES string of the molecule is O=C(NCCC(c1ccccc1)c1ccccc1)c1cc2c(cc1[N+](=O)[O-])OCCO2. The Morgan fingerprint density at radius 2 is 1.48 bits per heavy atom. The third-order valence-electron chi connectivity index (χ3n) is 5.22. The topological polar surface area (TPSA) is 90.7 Å². The van der Waals surface area contributed by atoms with E-state index < -0.39 is 10.8 Å². The summed E-state index contributed by atoms with van der Waals surface area (Å²) in [5, 5.41) is 14.3. The number of rotatable bonds is 7. The fourth-order valence-electron chi connectivity index (χ4n) is 3.73. The molecule has 0 spiro atoms. The Hall–Kier alpha value is -3.87. The molecule has 31 heavy (non-hydrogen) atoms. The highest BCUT2D eigenvalue weighted by atomic mass is 16.6. The van der Waals surface area contributed by atoms with Gasteiger partial charge in [0, 0.05) is 18.5 Å². The van der Waals surface area contributed by atoms with E-state index in [2.05, 4.69) is 29.6 Å². The van der Waals surface area contributed by atoms with E-state index in [9.17, 15) is 14.9 Å². The predicted octanol–water partition coefficient (Wildman–Crippen LogP) is 4.32. The number of benzene rings is 3. The smallest absolute Gasteiger partial charge is 0.286 e. The number of nitrogens with zero attached hydrogens (tertiary/aromatic N) is 1. The molecule has 158 valence electrons. The first-order valence-corrected chi connectivity index (χ1v) is 10.1. The fraction of sp³-hybridized carbons (Fsp3) is 0.208. The second-order valence-corrected chi connectivity index (χ2v) is 7.19. The molecule has 1 aliphatic heterocycles. The number of nitrogens with one attached hydrogen (secondary N) is 1. The van der Waals surface area contributed by atoms with Crippen molar-refractivity contribution in [3.05, 3.63) is 99.6 Å². The van der Waals surface area contributed by atoms with Crippen molar-refractivity contribution in [3.63, 3.8) is 0 Å². The minimum atomic E-state index is -0.579.